The molecule has 0 radical (unpaired) electrons. The summed E-state index contributed by atoms with van der Waals surface area (Å²) in [6, 6.07) is 2.06. The fourth-order valence-electron chi connectivity index (χ4n) is 1.75. The van der Waals surface area contributed by atoms with E-state index in [4.69, 9.17) is 5.73 Å². The minimum absolute atomic E-state index is 0.290. The molecule has 1 aromatic heterocycles. The van der Waals surface area contributed by atoms with E-state index in [1.54, 1.807) is 0 Å². The van der Waals surface area contributed by atoms with Crippen LogP contribution in [0.25, 0.3) is 0 Å². The third-order valence-corrected chi connectivity index (χ3v) is 2.85. The first-order valence-corrected chi connectivity index (χ1v) is 4.40. The van der Waals surface area contributed by atoms with E-state index in [-0.39, 0.29) is 0 Å². The number of aryl methyl sites for hydroxylation is 1. The largest absolute Gasteiger partial charge is 0.330 e. The number of rotatable bonds is 2. The monoisotopic (exact) mass is 162 g/mol. The molecule has 1 aliphatic rings. The minimum Gasteiger partial charge on any atom is -0.330 e. The Bertz CT molecular complexity index is 290. The SMILES string of the molecule is Cc1ccncc1C1(CN)CC1. The molecule has 0 unspecified atom stereocenters. The molecule has 1 fully saturated rings. The van der Waals surface area contributed by atoms with Crippen LogP contribution in [-0.2, 0) is 5.41 Å². The van der Waals surface area contributed by atoms with Crippen molar-refractivity contribution in [3.8, 4) is 0 Å². The Morgan fingerprint density at radius 2 is 2.33 bits per heavy atom. The second-order valence-corrected chi connectivity index (χ2v) is 3.68. The van der Waals surface area contributed by atoms with Crippen LogP contribution in [-0.4, -0.2) is 11.5 Å². The van der Waals surface area contributed by atoms with Crippen molar-refractivity contribution in [1.29, 1.82) is 0 Å². The number of pyridine rings is 1. The summed E-state index contributed by atoms with van der Waals surface area (Å²) in [7, 11) is 0. The van der Waals surface area contributed by atoms with Gasteiger partial charge in [-0.2, -0.15) is 0 Å². The Labute approximate surface area is 72.8 Å². The van der Waals surface area contributed by atoms with Gasteiger partial charge in [0, 0.05) is 24.4 Å². The Morgan fingerprint density at radius 1 is 1.58 bits per heavy atom. The van der Waals surface area contributed by atoms with E-state index in [0.29, 0.717) is 5.41 Å². The Balaban J connectivity index is 2.40. The van der Waals surface area contributed by atoms with Crippen LogP contribution in [0.3, 0.4) is 0 Å². The Hall–Kier alpha value is -0.890. The van der Waals surface area contributed by atoms with Crippen LogP contribution in [0.2, 0.25) is 0 Å². The molecular weight excluding hydrogens is 148 g/mol. The van der Waals surface area contributed by atoms with Gasteiger partial charge in [0.25, 0.3) is 0 Å². The second-order valence-electron chi connectivity index (χ2n) is 3.68. The van der Waals surface area contributed by atoms with Crippen LogP contribution in [0.5, 0.6) is 0 Å². The summed E-state index contributed by atoms with van der Waals surface area (Å²) in [6.07, 6.45) is 6.27. The normalized spacial score (nSPS) is 19.2. The third-order valence-electron chi connectivity index (χ3n) is 2.85. The molecule has 0 aliphatic heterocycles. The van der Waals surface area contributed by atoms with Gasteiger partial charge in [-0.1, -0.05) is 0 Å². The first-order valence-electron chi connectivity index (χ1n) is 4.40. The highest BCUT2D eigenvalue weighted by Crippen LogP contribution is 2.47. The molecule has 2 heteroatoms. The van der Waals surface area contributed by atoms with Gasteiger partial charge in [-0.25, -0.2) is 0 Å². The quantitative estimate of drug-likeness (QED) is 0.713. The van der Waals surface area contributed by atoms with Crippen molar-refractivity contribution >= 4 is 0 Å². The van der Waals surface area contributed by atoms with E-state index in [9.17, 15) is 0 Å². The van der Waals surface area contributed by atoms with Gasteiger partial charge < -0.3 is 5.73 Å². The van der Waals surface area contributed by atoms with Gasteiger partial charge in [0.15, 0.2) is 0 Å². The zero-order chi connectivity index (χ0) is 8.60. The summed E-state index contributed by atoms with van der Waals surface area (Å²) < 4.78 is 0. The molecule has 2 N–H and O–H groups in total. The molecule has 1 aromatic rings. The summed E-state index contributed by atoms with van der Waals surface area (Å²) in [5.41, 5.74) is 8.71. The van der Waals surface area contributed by atoms with Crippen LogP contribution in [0.4, 0.5) is 0 Å². The summed E-state index contributed by atoms with van der Waals surface area (Å²) in [5, 5.41) is 0. The lowest BCUT2D eigenvalue weighted by Gasteiger charge is -2.14. The van der Waals surface area contributed by atoms with Crippen LogP contribution in [0.1, 0.15) is 24.0 Å². The molecule has 1 saturated carbocycles. The highest BCUT2D eigenvalue weighted by Gasteiger charge is 2.43. The molecule has 12 heavy (non-hydrogen) atoms. The summed E-state index contributed by atoms with van der Waals surface area (Å²) in [6.45, 7) is 2.90. The van der Waals surface area contributed by atoms with Gasteiger partial charge in [-0.3, -0.25) is 4.98 Å². The molecule has 0 spiro atoms. The van der Waals surface area contributed by atoms with Crippen molar-refractivity contribution in [2.75, 3.05) is 6.54 Å². The first kappa shape index (κ1) is 7.74. The fourth-order valence-corrected chi connectivity index (χ4v) is 1.75. The predicted molar refractivity (Wildman–Crippen MR) is 48.9 cm³/mol. The maximum atomic E-state index is 5.74. The molecule has 1 aliphatic carbocycles. The first-order chi connectivity index (χ1) is 5.78. The summed E-state index contributed by atoms with van der Waals surface area (Å²) in [5.74, 6) is 0. The van der Waals surface area contributed by atoms with E-state index < -0.39 is 0 Å². The van der Waals surface area contributed by atoms with E-state index in [1.807, 2.05) is 12.4 Å². The molecule has 1 heterocycles. The lowest BCUT2D eigenvalue weighted by molar-refractivity contribution is 0.695. The van der Waals surface area contributed by atoms with Crippen LogP contribution >= 0.6 is 0 Å². The number of nitrogens with zero attached hydrogens (tertiary/aromatic N) is 1. The van der Waals surface area contributed by atoms with Gasteiger partial charge >= 0.3 is 0 Å². The van der Waals surface area contributed by atoms with E-state index in [0.717, 1.165) is 6.54 Å². The maximum absolute atomic E-state index is 5.74. The topological polar surface area (TPSA) is 38.9 Å². The van der Waals surface area contributed by atoms with E-state index >= 15 is 0 Å². The number of hydrogen-bond donors (Lipinski definition) is 1. The van der Waals surface area contributed by atoms with Crippen molar-refractivity contribution < 1.29 is 0 Å². The van der Waals surface area contributed by atoms with Crippen LogP contribution in [0, 0.1) is 6.92 Å². The van der Waals surface area contributed by atoms with E-state index in [2.05, 4.69) is 18.0 Å². The average Bonchev–Trinajstić information content (AvgIpc) is 2.86. The van der Waals surface area contributed by atoms with Gasteiger partial charge in [0.1, 0.15) is 0 Å². The van der Waals surface area contributed by atoms with Crippen molar-refractivity contribution in [3.63, 3.8) is 0 Å². The minimum atomic E-state index is 0.290. The second kappa shape index (κ2) is 2.56. The zero-order valence-electron chi connectivity index (χ0n) is 7.38. The molecule has 0 amide bonds. The predicted octanol–water partition coefficient (Wildman–Crippen LogP) is 1.38. The molecule has 0 bridgehead atoms. The maximum Gasteiger partial charge on any atom is 0.0308 e. The lowest BCUT2D eigenvalue weighted by Crippen LogP contribution is -2.20. The van der Waals surface area contributed by atoms with Gasteiger partial charge in [-0.15, -0.1) is 0 Å². The van der Waals surface area contributed by atoms with E-state index in [1.165, 1.54) is 24.0 Å². The number of hydrogen-bond acceptors (Lipinski definition) is 2. The Morgan fingerprint density at radius 3 is 2.83 bits per heavy atom. The number of aromatic nitrogens is 1. The standard InChI is InChI=1S/C10H14N2/c1-8-2-5-12-6-9(8)10(7-11)3-4-10/h2,5-6H,3-4,7,11H2,1H3. The van der Waals surface area contributed by atoms with Crippen molar-refractivity contribution in [1.82, 2.24) is 4.98 Å². The Kier molecular flexibility index (Phi) is 1.65. The molecule has 0 saturated heterocycles. The zero-order valence-corrected chi connectivity index (χ0v) is 7.38. The van der Waals surface area contributed by atoms with Gasteiger partial charge in [-0.05, 0) is 37.0 Å². The third kappa shape index (κ3) is 1.03. The molecule has 64 valence electrons. The molecule has 0 atom stereocenters. The van der Waals surface area contributed by atoms with Gasteiger partial charge in [0.2, 0.25) is 0 Å². The van der Waals surface area contributed by atoms with Gasteiger partial charge in [0.05, 0.1) is 0 Å². The highest BCUT2D eigenvalue weighted by molar-refractivity contribution is 5.35. The average molecular weight is 162 g/mol. The van der Waals surface area contributed by atoms with Crippen molar-refractivity contribution in [2.24, 2.45) is 5.73 Å². The molecule has 0 aromatic carbocycles. The molecule has 2 nitrogen and oxygen atoms in total. The van der Waals surface area contributed by atoms with Crippen molar-refractivity contribution in [3.05, 3.63) is 29.6 Å². The van der Waals surface area contributed by atoms with Crippen molar-refractivity contribution in [2.45, 2.75) is 25.2 Å². The summed E-state index contributed by atoms with van der Waals surface area (Å²) in [4.78, 5) is 4.14. The lowest BCUT2D eigenvalue weighted by atomic mass is 9.94. The molecular formula is C10H14N2. The summed E-state index contributed by atoms with van der Waals surface area (Å²) >= 11 is 0. The number of nitrogens with two attached hydrogens (primary N) is 1. The fraction of sp³-hybridized carbons (Fsp3) is 0.500. The highest BCUT2D eigenvalue weighted by atomic mass is 14.7. The smallest absolute Gasteiger partial charge is 0.0308 e. The molecule has 2 rings (SSSR count). The van der Waals surface area contributed by atoms with Crippen LogP contribution in [0.15, 0.2) is 18.5 Å². The van der Waals surface area contributed by atoms with Crippen LogP contribution < -0.4 is 5.73 Å².